The minimum atomic E-state index is -0.0579. The van der Waals surface area contributed by atoms with Gasteiger partial charge in [-0.15, -0.1) is 21.5 Å². The van der Waals surface area contributed by atoms with Crippen molar-refractivity contribution >= 4 is 34.7 Å². The number of hydrogen-bond acceptors (Lipinski definition) is 7. The SMILES string of the molecule is CC(=O)c1c(C)[nH]c(C(=O)CSc2nnc(-c3cccs3)n2C[C@H]2CCCO2)c1C. The summed E-state index contributed by atoms with van der Waals surface area (Å²) in [4.78, 5) is 28.9. The van der Waals surface area contributed by atoms with Gasteiger partial charge in [0.1, 0.15) is 0 Å². The predicted molar refractivity (Wildman–Crippen MR) is 118 cm³/mol. The van der Waals surface area contributed by atoms with Crippen LogP contribution in [0.25, 0.3) is 10.7 Å². The summed E-state index contributed by atoms with van der Waals surface area (Å²) in [5.74, 6) is 0.926. The number of ketones is 2. The second kappa shape index (κ2) is 8.87. The number of Topliss-reactive ketones (excluding diaryl/α,β-unsaturated/α-hetero) is 2. The molecular weight excluding hydrogens is 420 g/mol. The van der Waals surface area contributed by atoms with Crippen LogP contribution in [-0.2, 0) is 11.3 Å². The Balaban J connectivity index is 1.55. The molecule has 0 bridgehead atoms. The molecule has 30 heavy (non-hydrogen) atoms. The monoisotopic (exact) mass is 444 g/mol. The van der Waals surface area contributed by atoms with Crippen molar-refractivity contribution in [2.24, 2.45) is 0 Å². The van der Waals surface area contributed by atoms with Crippen LogP contribution in [0.15, 0.2) is 22.7 Å². The maximum atomic E-state index is 12.9. The van der Waals surface area contributed by atoms with Crippen molar-refractivity contribution in [3.63, 3.8) is 0 Å². The molecule has 0 aliphatic carbocycles. The van der Waals surface area contributed by atoms with Gasteiger partial charge >= 0.3 is 0 Å². The summed E-state index contributed by atoms with van der Waals surface area (Å²) < 4.78 is 7.88. The van der Waals surface area contributed by atoms with Gasteiger partial charge in [-0.1, -0.05) is 17.8 Å². The summed E-state index contributed by atoms with van der Waals surface area (Å²) in [6, 6.07) is 4.01. The number of thioether (sulfide) groups is 1. The first kappa shape index (κ1) is 21.0. The summed E-state index contributed by atoms with van der Waals surface area (Å²) >= 11 is 2.98. The van der Waals surface area contributed by atoms with Crippen molar-refractivity contribution in [3.05, 3.63) is 40.0 Å². The molecule has 0 aromatic carbocycles. The van der Waals surface area contributed by atoms with E-state index in [2.05, 4.69) is 19.7 Å². The molecule has 0 unspecified atom stereocenters. The van der Waals surface area contributed by atoms with Crippen LogP contribution in [0.5, 0.6) is 0 Å². The van der Waals surface area contributed by atoms with Crippen molar-refractivity contribution in [1.82, 2.24) is 19.7 Å². The molecule has 1 fully saturated rings. The summed E-state index contributed by atoms with van der Waals surface area (Å²) in [6.45, 7) is 6.61. The normalized spacial score (nSPS) is 16.3. The highest BCUT2D eigenvalue weighted by Crippen LogP contribution is 2.30. The topological polar surface area (TPSA) is 89.9 Å². The maximum absolute atomic E-state index is 12.9. The number of carbonyl (C=O) groups excluding carboxylic acids is 2. The average molecular weight is 445 g/mol. The van der Waals surface area contributed by atoms with Crippen LogP contribution in [0.4, 0.5) is 0 Å². The van der Waals surface area contributed by atoms with Crippen molar-refractivity contribution in [3.8, 4) is 10.7 Å². The van der Waals surface area contributed by atoms with Gasteiger partial charge in [0.05, 0.1) is 29.0 Å². The third kappa shape index (κ3) is 4.14. The zero-order chi connectivity index (χ0) is 21.3. The third-order valence-electron chi connectivity index (χ3n) is 5.27. The highest BCUT2D eigenvalue weighted by Gasteiger charge is 2.24. The van der Waals surface area contributed by atoms with Crippen molar-refractivity contribution < 1.29 is 14.3 Å². The van der Waals surface area contributed by atoms with E-state index in [1.165, 1.54) is 18.7 Å². The van der Waals surface area contributed by atoms with E-state index in [4.69, 9.17) is 4.74 Å². The van der Waals surface area contributed by atoms with Gasteiger partial charge in [0, 0.05) is 17.9 Å². The van der Waals surface area contributed by atoms with Gasteiger partial charge in [0.2, 0.25) is 0 Å². The molecule has 1 saturated heterocycles. The van der Waals surface area contributed by atoms with Crippen LogP contribution in [0.2, 0.25) is 0 Å². The quantitative estimate of drug-likeness (QED) is 0.411. The van der Waals surface area contributed by atoms with Crippen LogP contribution in [-0.4, -0.2) is 49.8 Å². The molecule has 1 N–H and O–H groups in total. The van der Waals surface area contributed by atoms with Crippen LogP contribution >= 0.6 is 23.1 Å². The fraction of sp³-hybridized carbons (Fsp3) is 0.429. The molecule has 0 radical (unpaired) electrons. The number of aromatic amines is 1. The number of ether oxygens (including phenoxy) is 1. The predicted octanol–water partition coefficient (Wildman–Crippen LogP) is 4.31. The van der Waals surface area contributed by atoms with E-state index in [1.54, 1.807) is 11.3 Å². The maximum Gasteiger partial charge on any atom is 0.192 e. The molecule has 1 aliphatic rings. The Labute approximate surface area is 183 Å². The lowest BCUT2D eigenvalue weighted by atomic mass is 10.1. The number of aromatic nitrogens is 4. The van der Waals surface area contributed by atoms with Crippen LogP contribution in [0.1, 0.15) is 51.9 Å². The lowest BCUT2D eigenvalue weighted by Crippen LogP contribution is -2.17. The van der Waals surface area contributed by atoms with Gasteiger partial charge in [-0.3, -0.25) is 14.2 Å². The number of thiophene rings is 1. The number of aryl methyl sites for hydroxylation is 1. The smallest absolute Gasteiger partial charge is 0.192 e. The van der Waals surface area contributed by atoms with E-state index in [1.807, 2.05) is 31.4 Å². The molecule has 4 rings (SSSR count). The number of rotatable bonds is 8. The van der Waals surface area contributed by atoms with E-state index >= 15 is 0 Å². The molecule has 3 aromatic rings. The van der Waals surface area contributed by atoms with Crippen molar-refractivity contribution in [1.29, 1.82) is 0 Å². The Morgan fingerprint density at radius 3 is 2.83 bits per heavy atom. The lowest BCUT2D eigenvalue weighted by Gasteiger charge is -2.14. The molecule has 9 heteroatoms. The number of nitrogens with one attached hydrogen (secondary N) is 1. The largest absolute Gasteiger partial charge is 0.376 e. The first-order valence-electron chi connectivity index (χ1n) is 9.90. The molecule has 1 aliphatic heterocycles. The third-order valence-corrected chi connectivity index (χ3v) is 7.10. The van der Waals surface area contributed by atoms with Gasteiger partial charge in [0.15, 0.2) is 22.5 Å². The highest BCUT2D eigenvalue weighted by molar-refractivity contribution is 7.99. The minimum Gasteiger partial charge on any atom is -0.376 e. The molecule has 0 amide bonds. The second-order valence-electron chi connectivity index (χ2n) is 7.42. The second-order valence-corrected chi connectivity index (χ2v) is 9.31. The van der Waals surface area contributed by atoms with E-state index in [0.717, 1.165) is 35.8 Å². The fourth-order valence-electron chi connectivity index (χ4n) is 3.90. The lowest BCUT2D eigenvalue weighted by molar-refractivity contribution is 0.0953. The van der Waals surface area contributed by atoms with Crippen molar-refractivity contribution in [2.75, 3.05) is 12.4 Å². The van der Waals surface area contributed by atoms with Crippen LogP contribution in [0, 0.1) is 13.8 Å². The molecular formula is C21H24N4O3S2. The average Bonchev–Trinajstić information content (AvgIpc) is 3.48. The molecule has 158 valence electrons. The molecule has 3 aromatic heterocycles. The molecule has 0 spiro atoms. The molecule has 7 nitrogen and oxygen atoms in total. The van der Waals surface area contributed by atoms with Gasteiger partial charge in [0.25, 0.3) is 0 Å². The van der Waals surface area contributed by atoms with E-state index < -0.39 is 0 Å². The number of hydrogen-bond donors (Lipinski definition) is 1. The number of H-pyrrole nitrogens is 1. The fourth-order valence-corrected chi connectivity index (χ4v) is 5.44. The van der Waals surface area contributed by atoms with Crippen LogP contribution < -0.4 is 0 Å². The Kier molecular flexibility index (Phi) is 6.21. The number of nitrogens with zero attached hydrogens (tertiary/aromatic N) is 3. The van der Waals surface area contributed by atoms with Crippen LogP contribution in [0.3, 0.4) is 0 Å². The van der Waals surface area contributed by atoms with Gasteiger partial charge < -0.3 is 9.72 Å². The summed E-state index contributed by atoms with van der Waals surface area (Å²) in [5, 5.41) is 11.5. The van der Waals surface area contributed by atoms with E-state index in [0.29, 0.717) is 28.5 Å². The standard InChI is InChI=1S/C21H24N4O3S2/c1-12-18(14(3)26)13(2)22-19(12)16(27)11-30-21-24-23-20(17-7-5-9-29-17)25(21)10-15-6-4-8-28-15/h5,7,9,15,22H,4,6,8,10-11H2,1-3H3/t15-/m1/s1. The Hall–Kier alpha value is -2.23. The zero-order valence-corrected chi connectivity index (χ0v) is 18.9. The summed E-state index contributed by atoms with van der Waals surface area (Å²) in [6.07, 6.45) is 2.22. The number of carbonyl (C=O) groups is 2. The molecule has 4 heterocycles. The van der Waals surface area contributed by atoms with Crippen molar-refractivity contribution in [2.45, 2.75) is 51.4 Å². The Morgan fingerprint density at radius 1 is 1.37 bits per heavy atom. The van der Waals surface area contributed by atoms with Gasteiger partial charge in [-0.05, 0) is 50.6 Å². The highest BCUT2D eigenvalue weighted by atomic mass is 32.2. The summed E-state index contributed by atoms with van der Waals surface area (Å²) in [5.41, 5.74) is 2.54. The van der Waals surface area contributed by atoms with Gasteiger partial charge in [-0.25, -0.2) is 0 Å². The zero-order valence-electron chi connectivity index (χ0n) is 17.2. The molecule has 0 saturated carbocycles. The minimum absolute atomic E-state index is 0.0372. The summed E-state index contributed by atoms with van der Waals surface area (Å²) in [7, 11) is 0. The van der Waals surface area contributed by atoms with Gasteiger partial charge in [-0.2, -0.15) is 0 Å². The van der Waals surface area contributed by atoms with E-state index in [9.17, 15) is 9.59 Å². The first-order valence-corrected chi connectivity index (χ1v) is 11.8. The Morgan fingerprint density at radius 2 is 2.20 bits per heavy atom. The Bertz CT molecular complexity index is 1060. The molecule has 1 atom stereocenters. The first-order chi connectivity index (χ1) is 14.5. The van der Waals surface area contributed by atoms with E-state index in [-0.39, 0.29) is 23.4 Å².